The lowest BCUT2D eigenvalue weighted by Gasteiger charge is -2.24. The summed E-state index contributed by atoms with van der Waals surface area (Å²) in [6.45, 7) is 6.74. The van der Waals surface area contributed by atoms with Crippen LogP contribution in [0.15, 0.2) is 0 Å². The number of nitrogens with two attached hydrogens (primary N) is 1. The Morgan fingerprint density at radius 1 is 1.60 bits per heavy atom. The summed E-state index contributed by atoms with van der Waals surface area (Å²) >= 11 is 1.96. The van der Waals surface area contributed by atoms with Gasteiger partial charge in [-0.2, -0.15) is 11.8 Å². The van der Waals surface area contributed by atoms with Gasteiger partial charge in [-0.3, -0.25) is 4.79 Å². The highest BCUT2D eigenvalue weighted by molar-refractivity contribution is 8.00. The summed E-state index contributed by atoms with van der Waals surface area (Å²) in [6.07, 6.45) is 2.86. The summed E-state index contributed by atoms with van der Waals surface area (Å²) in [5.74, 6) is 1.28. The number of rotatable bonds is 4. The van der Waals surface area contributed by atoms with Crippen LogP contribution in [0.1, 0.15) is 40.0 Å². The van der Waals surface area contributed by atoms with Crippen LogP contribution in [0.3, 0.4) is 0 Å². The number of carbonyl (C=O) groups is 1. The Balaban J connectivity index is 2.28. The zero-order valence-corrected chi connectivity index (χ0v) is 10.7. The van der Waals surface area contributed by atoms with Crippen molar-refractivity contribution in [1.82, 2.24) is 5.32 Å². The van der Waals surface area contributed by atoms with Gasteiger partial charge in [0.1, 0.15) is 0 Å². The first-order valence-corrected chi connectivity index (χ1v) is 6.49. The molecule has 4 heteroatoms. The average Bonchev–Trinajstić information content (AvgIpc) is 2.47. The third-order valence-corrected chi connectivity index (χ3v) is 4.11. The summed E-state index contributed by atoms with van der Waals surface area (Å²) in [4.78, 5) is 11.6. The highest BCUT2D eigenvalue weighted by Crippen LogP contribution is 2.36. The van der Waals surface area contributed by atoms with E-state index >= 15 is 0 Å². The van der Waals surface area contributed by atoms with Crippen LogP contribution in [0.2, 0.25) is 0 Å². The molecule has 1 aliphatic rings. The van der Waals surface area contributed by atoms with Crippen LogP contribution < -0.4 is 11.1 Å². The van der Waals surface area contributed by atoms with Crippen LogP contribution >= 0.6 is 11.8 Å². The normalized spacial score (nSPS) is 26.7. The molecule has 15 heavy (non-hydrogen) atoms. The van der Waals surface area contributed by atoms with Gasteiger partial charge in [-0.1, -0.05) is 0 Å². The molecule has 0 aliphatic carbocycles. The Labute approximate surface area is 96.6 Å². The topological polar surface area (TPSA) is 55.1 Å². The molecular formula is C11H22N2OS. The smallest absolute Gasteiger partial charge is 0.221 e. The SMILES string of the molecule is CC(C)(N)CC(=O)NCC1(C)CCCS1. The Hall–Kier alpha value is -0.220. The molecule has 1 rings (SSSR count). The maximum absolute atomic E-state index is 11.6. The Morgan fingerprint density at radius 2 is 2.27 bits per heavy atom. The van der Waals surface area contributed by atoms with Gasteiger partial charge < -0.3 is 11.1 Å². The van der Waals surface area contributed by atoms with Crippen LogP contribution in [-0.4, -0.2) is 28.5 Å². The fourth-order valence-corrected chi connectivity index (χ4v) is 2.98. The third-order valence-electron chi connectivity index (χ3n) is 2.58. The lowest BCUT2D eigenvalue weighted by atomic mass is 10.0. The van der Waals surface area contributed by atoms with Gasteiger partial charge in [-0.25, -0.2) is 0 Å². The van der Waals surface area contributed by atoms with E-state index in [1.807, 2.05) is 25.6 Å². The number of carbonyl (C=O) groups excluding carboxylic acids is 1. The second-order valence-electron chi connectivity index (χ2n) is 5.34. The number of thioether (sulfide) groups is 1. The molecule has 1 atom stereocenters. The molecule has 0 aromatic carbocycles. The van der Waals surface area contributed by atoms with Crippen molar-refractivity contribution in [1.29, 1.82) is 0 Å². The van der Waals surface area contributed by atoms with Gasteiger partial charge in [0.2, 0.25) is 5.91 Å². The lowest BCUT2D eigenvalue weighted by molar-refractivity contribution is -0.122. The van der Waals surface area contributed by atoms with Gasteiger partial charge in [0, 0.05) is 23.3 Å². The molecule has 3 N–H and O–H groups in total. The monoisotopic (exact) mass is 230 g/mol. The van der Waals surface area contributed by atoms with E-state index in [9.17, 15) is 4.79 Å². The first kappa shape index (κ1) is 12.8. The minimum Gasteiger partial charge on any atom is -0.355 e. The fraction of sp³-hybridized carbons (Fsp3) is 0.909. The van der Waals surface area contributed by atoms with Gasteiger partial charge >= 0.3 is 0 Å². The predicted octanol–water partition coefficient (Wildman–Crippen LogP) is 1.52. The molecule has 0 radical (unpaired) electrons. The van der Waals surface area contributed by atoms with Crippen molar-refractivity contribution in [2.24, 2.45) is 5.73 Å². The van der Waals surface area contributed by atoms with Crippen molar-refractivity contribution < 1.29 is 4.79 Å². The van der Waals surface area contributed by atoms with Crippen LogP contribution in [0, 0.1) is 0 Å². The van der Waals surface area contributed by atoms with E-state index in [4.69, 9.17) is 5.73 Å². The van der Waals surface area contributed by atoms with Gasteiger partial charge in [-0.05, 0) is 39.4 Å². The summed E-state index contributed by atoms with van der Waals surface area (Å²) in [7, 11) is 0. The molecule has 1 heterocycles. The maximum Gasteiger partial charge on any atom is 0.221 e. The first-order chi connectivity index (χ1) is 6.81. The van der Waals surface area contributed by atoms with Crippen LogP contribution in [0.25, 0.3) is 0 Å². The first-order valence-electron chi connectivity index (χ1n) is 5.50. The second-order valence-corrected chi connectivity index (χ2v) is 7.03. The molecular weight excluding hydrogens is 208 g/mol. The highest BCUT2D eigenvalue weighted by atomic mass is 32.2. The number of hydrogen-bond donors (Lipinski definition) is 2. The molecule has 1 aliphatic heterocycles. The van der Waals surface area contributed by atoms with Gasteiger partial charge in [-0.15, -0.1) is 0 Å². The van der Waals surface area contributed by atoms with Gasteiger partial charge in [0.25, 0.3) is 0 Å². The average molecular weight is 230 g/mol. The third kappa shape index (κ3) is 4.89. The van der Waals surface area contributed by atoms with E-state index < -0.39 is 5.54 Å². The highest BCUT2D eigenvalue weighted by Gasteiger charge is 2.30. The molecule has 0 bridgehead atoms. The van der Waals surface area contributed by atoms with Crippen LogP contribution in [0.5, 0.6) is 0 Å². The molecule has 0 spiro atoms. The Kier molecular flexibility index (Phi) is 4.06. The number of nitrogens with one attached hydrogen (secondary N) is 1. The van der Waals surface area contributed by atoms with Crippen molar-refractivity contribution in [3.63, 3.8) is 0 Å². The summed E-state index contributed by atoms with van der Waals surface area (Å²) in [6, 6.07) is 0. The Bertz CT molecular complexity index is 229. The second kappa shape index (κ2) is 4.74. The fourth-order valence-electron chi connectivity index (χ4n) is 1.74. The molecule has 88 valence electrons. The van der Waals surface area contributed by atoms with E-state index in [1.165, 1.54) is 18.6 Å². The zero-order valence-electron chi connectivity index (χ0n) is 9.93. The van der Waals surface area contributed by atoms with Gasteiger partial charge in [0.05, 0.1) is 0 Å². The van der Waals surface area contributed by atoms with E-state index in [2.05, 4.69) is 12.2 Å². The van der Waals surface area contributed by atoms with Crippen LogP contribution in [-0.2, 0) is 4.79 Å². The minimum atomic E-state index is -0.409. The summed E-state index contributed by atoms with van der Waals surface area (Å²) in [5, 5.41) is 2.98. The standard InChI is InChI=1S/C11H22N2OS/c1-10(2,12)7-9(14)13-8-11(3)5-4-6-15-11/h4-8,12H2,1-3H3,(H,13,14). The molecule has 1 amide bonds. The van der Waals surface area contributed by atoms with E-state index in [0.29, 0.717) is 6.42 Å². The maximum atomic E-state index is 11.6. The van der Waals surface area contributed by atoms with Crippen molar-refractivity contribution in [2.45, 2.75) is 50.3 Å². The van der Waals surface area contributed by atoms with Crippen molar-refractivity contribution in [3.05, 3.63) is 0 Å². The van der Waals surface area contributed by atoms with E-state index in [-0.39, 0.29) is 10.7 Å². The van der Waals surface area contributed by atoms with E-state index in [0.717, 1.165) is 6.54 Å². The predicted molar refractivity (Wildman–Crippen MR) is 66.0 cm³/mol. The minimum absolute atomic E-state index is 0.0659. The molecule has 3 nitrogen and oxygen atoms in total. The Morgan fingerprint density at radius 3 is 2.73 bits per heavy atom. The van der Waals surface area contributed by atoms with Crippen LogP contribution in [0.4, 0.5) is 0 Å². The van der Waals surface area contributed by atoms with Crippen molar-refractivity contribution in [2.75, 3.05) is 12.3 Å². The zero-order chi connectivity index (χ0) is 11.5. The summed E-state index contributed by atoms with van der Waals surface area (Å²) in [5.41, 5.74) is 5.38. The molecule has 0 saturated carbocycles. The number of hydrogen-bond acceptors (Lipinski definition) is 3. The van der Waals surface area contributed by atoms with Crippen molar-refractivity contribution in [3.8, 4) is 0 Å². The molecule has 1 fully saturated rings. The summed E-state index contributed by atoms with van der Waals surface area (Å²) < 4.78 is 0.244. The van der Waals surface area contributed by atoms with E-state index in [1.54, 1.807) is 0 Å². The largest absolute Gasteiger partial charge is 0.355 e. The molecule has 1 unspecified atom stereocenters. The van der Waals surface area contributed by atoms with Gasteiger partial charge in [0.15, 0.2) is 0 Å². The molecule has 0 aromatic heterocycles. The lowest BCUT2D eigenvalue weighted by Crippen LogP contribution is -2.42. The molecule has 1 saturated heterocycles. The number of amides is 1. The molecule has 0 aromatic rings. The van der Waals surface area contributed by atoms with Crippen molar-refractivity contribution >= 4 is 17.7 Å². The quantitative estimate of drug-likeness (QED) is 0.770.